The van der Waals surface area contributed by atoms with Crippen LogP contribution < -0.4 is 0 Å². The minimum Gasteiger partial charge on any atom is -0.466 e. The fraction of sp³-hybridized carbons (Fsp3) is 0.850. The third-order valence-corrected chi connectivity index (χ3v) is 6.61. The summed E-state index contributed by atoms with van der Waals surface area (Å²) in [6.45, 7) is 13.7. The number of allylic oxidation sites excluding steroid dienone is 1. The van der Waals surface area contributed by atoms with Gasteiger partial charge in [-0.05, 0) is 50.2 Å². The Balaban J connectivity index is 2.54. The van der Waals surface area contributed by atoms with Crippen LogP contribution in [0.2, 0.25) is 0 Å². The van der Waals surface area contributed by atoms with Gasteiger partial charge in [0.15, 0.2) is 0 Å². The van der Waals surface area contributed by atoms with Gasteiger partial charge in [-0.3, -0.25) is 4.79 Å². The van der Waals surface area contributed by atoms with E-state index in [0.29, 0.717) is 29.6 Å². The zero-order chi connectivity index (χ0) is 18.4. The number of carbonyl (C=O) groups is 1. The largest absolute Gasteiger partial charge is 0.466 e. The van der Waals surface area contributed by atoms with Gasteiger partial charge in [0.25, 0.3) is 0 Å². The normalized spacial score (nSPS) is 23.7. The highest BCUT2D eigenvalue weighted by Gasteiger charge is 2.34. The molecule has 1 N–H and O–H groups in total. The van der Waals surface area contributed by atoms with Gasteiger partial charge in [0, 0.05) is 4.75 Å². The summed E-state index contributed by atoms with van der Waals surface area (Å²) < 4.78 is 5.27. The van der Waals surface area contributed by atoms with E-state index in [1.54, 1.807) is 6.92 Å². The summed E-state index contributed by atoms with van der Waals surface area (Å²) in [6, 6.07) is 0. The summed E-state index contributed by atoms with van der Waals surface area (Å²) >= 11 is 2.03. The van der Waals surface area contributed by atoms with Gasteiger partial charge in [0.1, 0.15) is 0 Å². The Hall–Kier alpha value is -0.480. The summed E-state index contributed by atoms with van der Waals surface area (Å²) in [6.07, 6.45) is 5.74. The number of rotatable bonds is 10. The minimum absolute atomic E-state index is 0.0787. The molecule has 0 heterocycles. The van der Waals surface area contributed by atoms with Gasteiger partial charge < -0.3 is 9.84 Å². The number of hydrogen-bond donors (Lipinski definition) is 1. The maximum Gasteiger partial charge on any atom is 0.309 e. The molecule has 1 rings (SSSR count). The van der Waals surface area contributed by atoms with Gasteiger partial charge in [-0.2, -0.15) is 11.8 Å². The van der Waals surface area contributed by atoms with Crippen molar-refractivity contribution in [3.05, 3.63) is 11.6 Å². The summed E-state index contributed by atoms with van der Waals surface area (Å²) in [5.74, 6) is 2.08. The van der Waals surface area contributed by atoms with Crippen molar-refractivity contribution in [2.45, 2.75) is 84.0 Å². The quantitative estimate of drug-likeness (QED) is 0.443. The predicted molar refractivity (Wildman–Crippen MR) is 103 cm³/mol. The van der Waals surface area contributed by atoms with Gasteiger partial charge in [0.2, 0.25) is 0 Å². The molecule has 0 fully saturated rings. The van der Waals surface area contributed by atoms with Crippen LogP contribution in [0.4, 0.5) is 0 Å². The third-order valence-electron chi connectivity index (χ3n) is 5.18. The molecule has 0 saturated heterocycles. The van der Waals surface area contributed by atoms with Crippen molar-refractivity contribution >= 4 is 17.7 Å². The van der Waals surface area contributed by atoms with Crippen molar-refractivity contribution < 1.29 is 14.6 Å². The topological polar surface area (TPSA) is 46.5 Å². The van der Waals surface area contributed by atoms with Crippen molar-refractivity contribution in [2.24, 2.45) is 11.8 Å². The van der Waals surface area contributed by atoms with E-state index in [4.69, 9.17) is 4.74 Å². The van der Waals surface area contributed by atoms with E-state index >= 15 is 0 Å². The average molecular weight is 357 g/mol. The fourth-order valence-electron chi connectivity index (χ4n) is 3.60. The lowest BCUT2D eigenvalue weighted by Crippen LogP contribution is -2.28. The molecule has 0 aromatic carbocycles. The second-order valence-corrected chi connectivity index (χ2v) is 9.79. The van der Waals surface area contributed by atoms with E-state index < -0.39 is 5.60 Å². The molecule has 24 heavy (non-hydrogen) atoms. The van der Waals surface area contributed by atoms with Crippen LogP contribution in [0.3, 0.4) is 0 Å². The molecule has 0 amide bonds. The molecular formula is C20H36O3S. The summed E-state index contributed by atoms with van der Waals surface area (Å²) in [5, 5.41) is 10.6. The standard InChI is InChI=1S/C20H36O3S/c1-7-23-18(21)14-20(22)10-9-17(13-20)12-15(3)11-16(4)19(5,6)24-8-2/h13,15-16,22H,7-12,14H2,1-6H3. The molecule has 0 radical (unpaired) electrons. The van der Waals surface area contributed by atoms with E-state index in [9.17, 15) is 9.90 Å². The zero-order valence-corrected chi connectivity index (χ0v) is 17.2. The molecule has 0 aromatic rings. The number of aliphatic hydroxyl groups is 1. The van der Waals surface area contributed by atoms with Crippen LogP contribution in [0.5, 0.6) is 0 Å². The van der Waals surface area contributed by atoms with E-state index in [2.05, 4.69) is 34.6 Å². The SMILES string of the molecule is CCOC(=O)CC1(O)C=C(CC(C)CC(C)C(C)(C)SCC)CC1. The number of carbonyl (C=O) groups excluding carboxylic acids is 1. The van der Waals surface area contributed by atoms with Gasteiger partial charge in [0.05, 0.1) is 18.6 Å². The van der Waals surface area contributed by atoms with Gasteiger partial charge >= 0.3 is 5.97 Å². The van der Waals surface area contributed by atoms with E-state index in [-0.39, 0.29) is 12.4 Å². The van der Waals surface area contributed by atoms with Crippen LogP contribution in [-0.4, -0.2) is 33.8 Å². The van der Waals surface area contributed by atoms with Crippen molar-refractivity contribution in [1.29, 1.82) is 0 Å². The first-order chi connectivity index (χ1) is 11.1. The lowest BCUT2D eigenvalue weighted by Gasteiger charge is -2.33. The molecule has 1 aliphatic carbocycles. The van der Waals surface area contributed by atoms with Crippen LogP contribution in [0.15, 0.2) is 11.6 Å². The molecule has 0 aromatic heterocycles. The number of ether oxygens (including phenoxy) is 1. The van der Waals surface area contributed by atoms with Crippen molar-refractivity contribution in [1.82, 2.24) is 0 Å². The highest BCUT2D eigenvalue weighted by Crippen LogP contribution is 2.39. The van der Waals surface area contributed by atoms with Crippen LogP contribution in [0.25, 0.3) is 0 Å². The number of thioether (sulfide) groups is 1. The summed E-state index contributed by atoms with van der Waals surface area (Å²) in [4.78, 5) is 11.6. The lowest BCUT2D eigenvalue weighted by atomic mass is 9.85. The molecular weight excluding hydrogens is 320 g/mol. The van der Waals surface area contributed by atoms with Crippen molar-refractivity contribution in [2.75, 3.05) is 12.4 Å². The molecule has 1 aliphatic rings. The Morgan fingerprint density at radius 3 is 2.67 bits per heavy atom. The summed E-state index contributed by atoms with van der Waals surface area (Å²) in [5.41, 5.74) is 0.298. The van der Waals surface area contributed by atoms with E-state index in [1.807, 2.05) is 17.8 Å². The second-order valence-electron chi connectivity index (χ2n) is 7.87. The highest BCUT2D eigenvalue weighted by atomic mass is 32.2. The van der Waals surface area contributed by atoms with Crippen LogP contribution >= 0.6 is 11.8 Å². The van der Waals surface area contributed by atoms with E-state index in [0.717, 1.165) is 18.6 Å². The van der Waals surface area contributed by atoms with Gasteiger partial charge in [-0.1, -0.05) is 46.3 Å². The smallest absolute Gasteiger partial charge is 0.309 e. The van der Waals surface area contributed by atoms with Gasteiger partial charge in [-0.15, -0.1) is 0 Å². The van der Waals surface area contributed by atoms with Crippen molar-refractivity contribution in [3.8, 4) is 0 Å². The Morgan fingerprint density at radius 1 is 1.42 bits per heavy atom. The predicted octanol–water partition coefficient (Wildman–Crippen LogP) is 4.98. The first-order valence-corrected chi connectivity index (χ1v) is 10.3. The Labute approximate surface area is 152 Å². The van der Waals surface area contributed by atoms with Crippen LogP contribution in [0, 0.1) is 11.8 Å². The molecule has 0 saturated carbocycles. The molecule has 3 unspecified atom stereocenters. The molecule has 0 spiro atoms. The molecule has 3 atom stereocenters. The maximum absolute atomic E-state index is 11.6. The van der Waals surface area contributed by atoms with Crippen LogP contribution in [-0.2, 0) is 9.53 Å². The van der Waals surface area contributed by atoms with E-state index in [1.165, 1.54) is 12.0 Å². The van der Waals surface area contributed by atoms with Gasteiger partial charge in [-0.25, -0.2) is 0 Å². The summed E-state index contributed by atoms with van der Waals surface area (Å²) in [7, 11) is 0. The average Bonchev–Trinajstić information content (AvgIpc) is 2.79. The van der Waals surface area contributed by atoms with Crippen LogP contribution in [0.1, 0.15) is 73.6 Å². The Bertz CT molecular complexity index is 444. The molecule has 140 valence electrons. The fourth-order valence-corrected chi connectivity index (χ4v) is 4.72. The van der Waals surface area contributed by atoms with Crippen molar-refractivity contribution in [3.63, 3.8) is 0 Å². The second kappa shape index (κ2) is 9.28. The molecule has 3 nitrogen and oxygen atoms in total. The first kappa shape index (κ1) is 21.6. The molecule has 0 aliphatic heterocycles. The molecule has 0 bridgehead atoms. The Morgan fingerprint density at radius 2 is 2.08 bits per heavy atom. The first-order valence-electron chi connectivity index (χ1n) is 9.34. The Kier molecular flexibility index (Phi) is 8.34. The monoisotopic (exact) mass is 356 g/mol. The lowest BCUT2D eigenvalue weighted by molar-refractivity contribution is -0.147. The number of hydrogen-bond acceptors (Lipinski definition) is 4. The zero-order valence-electron chi connectivity index (χ0n) is 16.4. The number of esters is 1. The maximum atomic E-state index is 11.6. The molecule has 4 heteroatoms. The third kappa shape index (κ3) is 6.79. The highest BCUT2D eigenvalue weighted by molar-refractivity contribution is 8.00. The minimum atomic E-state index is -0.996.